The molecule has 1 fully saturated rings. The second kappa shape index (κ2) is 5.80. The standard InChI is InChI=1S/C15H21NO3/c1-2-11-12(14-10-16-6-9-18-14)4-5-13-15(11)19-8-3-7-17-13/h4-5,14,16H,2-3,6-10H2,1H3. The third-order valence-corrected chi connectivity index (χ3v) is 3.68. The summed E-state index contributed by atoms with van der Waals surface area (Å²) in [5, 5.41) is 3.38. The molecule has 1 aromatic rings. The summed E-state index contributed by atoms with van der Waals surface area (Å²) >= 11 is 0. The van der Waals surface area contributed by atoms with Gasteiger partial charge in [-0.3, -0.25) is 0 Å². The lowest BCUT2D eigenvalue weighted by atomic mass is 9.98. The largest absolute Gasteiger partial charge is 0.490 e. The van der Waals surface area contributed by atoms with E-state index in [4.69, 9.17) is 14.2 Å². The Balaban J connectivity index is 1.97. The summed E-state index contributed by atoms with van der Waals surface area (Å²) in [6.45, 7) is 6.19. The quantitative estimate of drug-likeness (QED) is 0.886. The molecule has 1 atom stereocenters. The molecule has 2 aliphatic rings. The molecule has 0 amide bonds. The molecular weight excluding hydrogens is 242 g/mol. The molecule has 2 heterocycles. The Morgan fingerprint density at radius 1 is 1.21 bits per heavy atom. The molecule has 1 saturated heterocycles. The number of hydrogen-bond donors (Lipinski definition) is 1. The number of ether oxygens (including phenoxy) is 3. The fraction of sp³-hybridized carbons (Fsp3) is 0.600. The summed E-state index contributed by atoms with van der Waals surface area (Å²) in [5.74, 6) is 1.80. The SMILES string of the molecule is CCc1c(C2CNCCO2)ccc2c1OCCCO2. The van der Waals surface area contributed by atoms with Crippen LogP contribution < -0.4 is 14.8 Å². The molecule has 104 valence electrons. The molecule has 19 heavy (non-hydrogen) atoms. The van der Waals surface area contributed by atoms with Gasteiger partial charge in [-0.25, -0.2) is 0 Å². The molecule has 2 aliphatic heterocycles. The van der Waals surface area contributed by atoms with Crippen LogP contribution in [0, 0.1) is 0 Å². The minimum atomic E-state index is 0.126. The van der Waals surface area contributed by atoms with Gasteiger partial charge in [0.2, 0.25) is 0 Å². The molecule has 0 aliphatic carbocycles. The van der Waals surface area contributed by atoms with E-state index in [0.717, 1.165) is 57.3 Å². The van der Waals surface area contributed by atoms with Gasteiger partial charge in [0.25, 0.3) is 0 Å². The van der Waals surface area contributed by atoms with Gasteiger partial charge in [-0.2, -0.15) is 0 Å². The zero-order valence-electron chi connectivity index (χ0n) is 11.4. The van der Waals surface area contributed by atoms with Gasteiger partial charge < -0.3 is 19.5 Å². The van der Waals surface area contributed by atoms with Gasteiger partial charge in [-0.05, 0) is 18.1 Å². The van der Waals surface area contributed by atoms with E-state index < -0.39 is 0 Å². The second-order valence-corrected chi connectivity index (χ2v) is 4.93. The predicted octanol–water partition coefficient (Wildman–Crippen LogP) is 2.07. The first kappa shape index (κ1) is 12.8. The average Bonchev–Trinajstić information content (AvgIpc) is 2.72. The van der Waals surface area contributed by atoms with E-state index in [2.05, 4.69) is 18.3 Å². The Hall–Kier alpha value is -1.26. The fourth-order valence-corrected chi connectivity index (χ4v) is 2.74. The lowest BCUT2D eigenvalue weighted by Crippen LogP contribution is -2.33. The highest BCUT2D eigenvalue weighted by Gasteiger charge is 2.23. The van der Waals surface area contributed by atoms with Gasteiger partial charge >= 0.3 is 0 Å². The van der Waals surface area contributed by atoms with E-state index in [1.54, 1.807) is 0 Å². The van der Waals surface area contributed by atoms with Crippen molar-refractivity contribution >= 4 is 0 Å². The predicted molar refractivity (Wildman–Crippen MR) is 73.0 cm³/mol. The number of rotatable bonds is 2. The number of benzene rings is 1. The maximum absolute atomic E-state index is 5.90. The van der Waals surface area contributed by atoms with Crippen molar-refractivity contribution in [2.75, 3.05) is 32.9 Å². The molecule has 4 nitrogen and oxygen atoms in total. The molecule has 1 unspecified atom stereocenters. The summed E-state index contributed by atoms with van der Waals surface area (Å²) in [4.78, 5) is 0. The van der Waals surface area contributed by atoms with Crippen molar-refractivity contribution in [2.45, 2.75) is 25.9 Å². The van der Waals surface area contributed by atoms with Crippen molar-refractivity contribution in [1.29, 1.82) is 0 Å². The third kappa shape index (κ3) is 2.55. The van der Waals surface area contributed by atoms with Crippen LogP contribution in [0.1, 0.15) is 30.6 Å². The maximum atomic E-state index is 5.90. The first-order valence-electron chi connectivity index (χ1n) is 7.14. The van der Waals surface area contributed by atoms with Gasteiger partial charge in [0.15, 0.2) is 11.5 Å². The van der Waals surface area contributed by atoms with E-state index in [0.29, 0.717) is 0 Å². The molecule has 0 radical (unpaired) electrons. The first-order valence-corrected chi connectivity index (χ1v) is 7.14. The molecule has 0 bridgehead atoms. The van der Waals surface area contributed by atoms with Crippen LogP contribution in [0.3, 0.4) is 0 Å². The van der Waals surface area contributed by atoms with E-state index in [1.165, 1.54) is 11.1 Å². The van der Waals surface area contributed by atoms with Crippen molar-refractivity contribution in [2.24, 2.45) is 0 Å². The lowest BCUT2D eigenvalue weighted by molar-refractivity contribution is 0.0270. The lowest BCUT2D eigenvalue weighted by Gasteiger charge is -2.27. The number of nitrogens with one attached hydrogen (secondary N) is 1. The van der Waals surface area contributed by atoms with Crippen molar-refractivity contribution in [3.63, 3.8) is 0 Å². The summed E-state index contributed by atoms with van der Waals surface area (Å²) in [6.07, 6.45) is 2.00. The van der Waals surface area contributed by atoms with Gasteiger partial charge in [-0.1, -0.05) is 13.0 Å². The van der Waals surface area contributed by atoms with E-state index in [-0.39, 0.29) is 6.10 Å². The highest BCUT2D eigenvalue weighted by molar-refractivity contribution is 5.52. The zero-order valence-corrected chi connectivity index (χ0v) is 11.4. The van der Waals surface area contributed by atoms with Crippen LogP contribution in [0.2, 0.25) is 0 Å². The van der Waals surface area contributed by atoms with Crippen LogP contribution in [-0.4, -0.2) is 32.9 Å². The number of morpholine rings is 1. The van der Waals surface area contributed by atoms with Crippen LogP contribution >= 0.6 is 0 Å². The summed E-state index contributed by atoms with van der Waals surface area (Å²) in [5.41, 5.74) is 2.46. The van der Waals surface area contributed by atoms with Crippen LogP contribution in [0.5, 0.6) is 11.5 Å². The van der Waals surface area contributed by atoms with Gasteiger partial charge in [0, 0.05) is 25.1 Å². The Labute approximate surface area is 114 Å². The maximum Gasteiger partial charge on any atom is 0.164 e. The Kier molecular flexibility index (Phi) is 3.89. The van der Waals surface area contributed by atoms with Crippen LogP contribution in [0.25, 0.3) is 0 Å². The molecule has 0 saturated carbocycles. The average molecular weight is 263 g/mol. The smallest absolute Gasteiger partial charge is 0.164 e. The Morgan fingerprint density at radius 3 is 2.89 bits per heavy atom. The van der Waals surface area contributed by atoms with E-state index in [1.807, 2.05) is 6.07 Å². The van der Waals surface area contributed by atoms with Crippen LogP contribution in [-0.2, 0) is 11.2 Å². The highest BCUT2D eigenvalue weighted by Crippen LogP contribution is 2.38. The third-order valence-electron chi connectivity index (χ3n) is 3.68. The minimum Gasteiger partial charge on any atom is -0.490 e. The van der Waals surface area contributed by atoms with Crippen molar-refractivity contribution in [1.82, 2.24) is 5.32 Å². The topological polar surface area (TPSA) is 39.7 Å². The Morgan fingerprint density at radius 2 is 2.11 bits per heavy atom. The first-order chi connectivity index (χ1) is 9.40. The second-order valence-electron chi connectivity index (χ2n) is 4.93. The highest BCUT2D eigenvalue weighted by atomic mass is 16.5. The Bertz CT molecular complexity index is 441. The van der Waals surface area contributed by atoms with Crippen LogP contribution in [0.15, 0.2) is 12.1 Å². The van der Waals surface area contributed by atoms with E-state index >= 15 is 0 Å². The molecule has 1 aromatic carbocycles. The van der Waals surface area contributed by atoms with Crippen molar-refractivity contribution < 1.29 is 14.2 Å². The molecule has 3 rings (SSSR count). The van der Waals surface area contributed by atoms with E-state index in [9.17, 15) is 0 Å². The van der Waals surface area contributed by atoms with Crippen molar-refractivity contribution in [3.8, 4) is 11.5 Å². The monoisotopic (exact) mass is 263 g/mol. The zero-order chi connectivity index (χ0) is 13.1. The number of hydrogen-bond acceptors (Lipinski definition) is 4. The molecule has 0 spiro atoms. The van der Waals surface area contributed by atoms with Gasteiger partial charge in [0.05, 0.1) is 25.9 Å². The van der Waals surface area contributed by atoms with Crippen molar-refractivity contribution in [3.05, 3.63) is 23.3 Å². The molecular formula is C15H21NO3. The molecule has 1 N–H and O–H groups in total. The summed E-state index contributed by atoms with van der Waals surface area (Å²) < 4.78 is 17.5. The van der Waals surface area contributed by atoms with Crippen LogP contribution in [0.4, 0.5) is 0 Å². The normalized spacial score (nSPS) is 22.9. The number of fused-ring (bicyclic) bond motifs is 1. The van der Waals surface area contributed by atoms with Gasteiger partial charge in [0.1, 0.15) is 0 Å². The fourth-order valence-electron chi connectivity index (χ4n) is 2.74. The summed E-state index contributed by atoms with van der Waals surface area (Å²) in [6, 6.07) is 4.15. The molecule has 0 aromatic heterocycles. The summed E-state index contributed by atoms with van der Waals surface area (Å²) in [7, 11) is 0. The molecule has 4 heteroatoms. The van der Waals surface area contributed by atoms with Gasteiger partial charge in [-0.15, -0.1) is 0 Å². The minimum absolute atomic E-state index is 0.126.